The largest absolute Gasteiger partial charge is 0.392 e. The van der Waals surface area contributed by atoms with Gasteiger partial charge in [0.25, 0.3) is 5.56 Å². The Kier molecular flexibility index (Phi) is 8.04. The summed E-state index contributed by atoms with van der Waals surface area (Å²) in [5.41, 5.74) is 2.37. The average molecular weight is 445 g/mol. The van der Waals surface area contributed by atoms with E-state index in [2.05, 4.69) is 14.9 Å². The van der Waals surface area contributed by atoms with Crippen LogP contribution in [-0.2, 0) is 13.0 Å². The van der Waals surface area contributed by atoms with Crippen LogP contribution in [-0.4, -0.2) is 50.3 Å². The van der Waals surface area contributed by atoms with E-state index < -0.39 is 5.82 Å². The highest BCUT2D eigenvalue weighted by Gasteiger charge is 2.24. The number of rotatable bonds is 4. The van der Waals surface area contributed by atoms with E-state index in [-0.39, 0.29) is 17.5 Å². The van der Waals surface area contributed by atoms with Crippen LogP contribution in [0.25, 0.3) is 11.0 Å². The van der Waals surface area contributed by atoms with Crippen LogP contribution in [0.15, 0.2) is 41.5 Å². The molecule has 3 aromatic rings. The van der Waals surface area contributed by atoms with Crippen molar-refractivity contribution in [2.75, 3.05) is 19.6 Å². The van der Waals surface area contributed by atoms with Crippen LogP contribution in [0.3, 0.4) is 0 Å². The van der Waals surface area contributed by atoms with E-state index in [0.29, 0.717) is 42.3 Å². The number of fused-ring (bicyclic) bond motifs is 1. The van der Waals surface area contributed by atoms with Crippen molar-refractivity contribution >= 4 is 11.0 Å². The predicted octanol–water partition coefficient (Wildman–Crippen LogP) is 3.33. The van der Waals surface area contributed by atoms with Gasteiger partial charge in [-0.1, -0.05) is 13.8 Å². The van der Waals surface area contributed by atoms with Crippen LogP contribution in [0.1, 0.15) is 31.5 Å². The number of nitrogens with zero attached hydrogens (tertiary/aromatic N) is 4. The molecule has 4 heterocycles. The lowest BCUT2D eigenvalue weighted by Crippen LogP contribution is -2.44. The third kappa shape index (κ3) is 5.95. The average Bonchev–Trinajstić information content (AvgIpc) is 2.77. The number of likely N-dealkylation sites (tertiary alicyclic amines) is 1. The molecule has 1 fully saturated rings. The van der Waals surface area contributed by atoms with Gasteiger partial charge >= 0.3 is 0 Å². The van der Waals surface area contributed by atoms with Gasteiger partial charge in [-0.25, -0.2) is 8.78 Å². The highest BCUT2D eigenvalue weighted by molar-refractivity contribution is 5.74. The SMILES string of the molecule is CC1CCN(CCn2c(=O)ccc3ncc(F)cc32)CC1O.CCc1cnc(C)c(F)c1. The maximum absolute atomic E-state index is 13.4. The number of β-amino-alcohol motifs (C(OH)–C–C–N with tert-alkyl or cyclic N) is 1. The Labute approximate surface area is 186 Å². The fourth-order valence-corrected chi connectivity index (χ4v) is 3.67. The molecule has 1 saturated heterocycles. The van der Waals surface area contributed by atoms with Gasteiger partial charge in [0.1, 0.15) is 11.6 Å². The van der Waals surface area contributed by atoms with Crippen molar-refractivity contribution in [1.29, 1.82) is 0 Å². The summed E-state index contributed by atoms with van der Waals surface area (Å²) in [6.45, 7) is 8.32. The van der Waals surface area contributed by atoms with Gasteiger partial charge in [0.05, 0.1) is 29.0 Å². The van der Waals surface area contributed by atoms with Crippen LogP contribution < -0.4 is 5.56 Å². The molecular weight excluding hydrogens is 414 g/mol. The molecule has 1 aliphatic rings. The first-order valence-corrected chi connectivity index (χ1v) is 10.9. The number of piperidine rings is 1. The van der Waals surface area contributed by atoms with Gasteiger partial charge in [-0.15, -0.1) is 0 Å². The van der Waals surface area contributed by atoms with Crippen LogP contribution in [0.2, 0.25) is 0 Å². The molecule has 1 N–H and O–H groups in total. The zero-order chi connectivity index (χ0) is 23.3. The number of aryl methyl sites for hydroxylation is 2. The summed E-state index contributed by atoms with van der Waals surface area (Å²) >= 11 is 0. The van der Waals surface area contributed by atoms with Crippen LogP contribution in [0.4, 0.5) is 8.78 Å². The molecule has 4 rings (SSSR count). The number of hydrogen-bond acceptors (Lipinski definition) is 5. The van der Waals surface area contributed by atoms with Crippen molar-refractivity contribution in [3.05, 3.63) is 69.9 Å². The van der Waals surface area contributed by atoms with E-state index in [4.69, 9.17) is 0 Å². The molecule has 6 nitrogen and oxygen atoms in total. The monoisotopic (exact) mass is 444 g/mol. The van der Waals surface area contributed by atoms with Crippen LogP contribution in [0, 0.1) is 24.5 Å². The standard InChI is InChI=1S/C16H20FN3O2.C8H10FN/c1-11-4-5-19(10-15(11)21)6-7-20-14-8-12(17)9-18-13(14)2-3-16(20)22;1-3-7-4-8(9)6(2)10-5-7/h2-3,8-9,11,15,21H,4-7,10H2,1H3;4-5H,3H2,1-2H3. The molecule has 2 atom stereocenters. The molecule has 0 aromatic carbocycles. The Bertz CT molecular complexity index is 1120. The Hall–Kier alpha value is -2.71. The molecule has 0 bridgehead atoms. The molecule has 172 valence electrons. The summed E-state index contributed by atoms with van der Waals surface area (Å²) in [6.07, 6.45) is 4.32. The minimum absolute atomic E-state index is 0.161. The van der Waals surface area contributed by atoms with Gasteiger partial charge in [0.15, 0.2) is 0 Å². The molecule has 0 saturated carbocycles. The summed E-state index contributed by atoms with van der Waals surface area (Å²) in [5, 5.41) is 9.94. The first kappa shape index (κ1) is 23.9. The van der Waals surface area contributed by atoms with Crippen molar-refractivity contribution in [2.24, 2.45) is 5.92 Å². The molecule has 3 aromatic heterocycles. The summed E-state index contributed by atoms with van der Waals surface area (Å²) in [4.78, 5) is 22.1. The van der Waals surface area contributed by atoms with Gasteiger partial charge in [-0.05, 0) is 49.9 Å². The summed E-state index contributed by atoms with van der Waals surface area (Å²) < 4.78 is 27.7. The smallest absolute Gasteiger partial charge is 0.251 e. The Morgan fingerprint density at radius 2 is 1.94 bits per heavy atom. The lowest BCUT2D eigenvalue weighted by atomic mass is 9.96. The molecular formula is C24H30F2N4O2. The Balaban J connectivity index is 0.000000243. The molecule has 0 spiro atoms. The first-order chi connectivity index (χ1) is 15.3. The maximum atomic E-state index is 13.4. The molecule has 0 aliphatic carbocycles. The van der Waals surface area contributed by atoms with Gasteiger partial charge in [-0.3, -0.25) is 19.7 Å². The Morgan fingerprint density at radius 3 is 2.62 bits per heavy atom. The minimum Gasteiger partial charge on any atom is -0.392 e. The van der Waals surface area contributed by atoms with E-state index in [0.717, 1.165) is 31.1 Å². The third-order valence-electron chi connectivity index (χ3n) is 5.94. The molecule has 0 radical (unpaired) electrons. The second-order valence-electron chi connectivity index (χ2n) is 8.28. The van der Waals surface area contributed by atoms with Gasteiger partial charge in [0.2, 0.25) is 0 Å². The van der Waals surface area contributed by atoms with E-state index in [1.165, 1.54) is 18.2 Å². The van der Waals surface area contributed by atoms with Crippen molar-refractivity contribution < 1.29 is 13.9 Å². The Morgan fingerprint density at radius 1 is 1.16 bits per heavy atom. The number of aromatic nitrogens is 3. The maximum Gasteiger partial charge on any atom is 0.251 e. The second-order valence-corrected chi connectivity index (χ2v) is 8.28. The van der Waals surface area contributed by atoms with Crippen molar-refractivity contribution in [1.82, 2.24) is 19.4 Å². The molecule has 8 heteroatoms. The third-order valence-corrected chi connectivity index (χ3v) is 5.94. The summed E-state index contributed by atoms with van der Waals surface area (Å²) in [6, 6.07) is 5.94. The summed E-state index contributed by atoms with van der Waals surface area (Å²) in [5.74, 6) is -0.344. The van der Waals surface area contributed by atoms with Crippen LogP contribution >= 0.6 is 0 Å². The van der Waals surface area contributed by atoms with Crippen LogP contribution in [0.5, 0.6) is 0 Å². The number of halogens is 2. The van der Waals surface area contributed by atoms with E-state index >= 15 is 0 Å². The summed E-state index contributed by atoms with van der Waals surface area (Å²) in [7, 11) is 0. The predicted molar refractivity (Wildman–Crippen MR) is 120 cm³/mol. The van der Waals surface area contributed by atoms with Gasteiger partial charge in [-0.2, -0.15) is 0 Å². The lowest BCUT2D eigenvalue weighted by molar-refractivity contribution is 0.0280. The quantitative estimate of drug-likeness (QED) is 0.669. The number of hydrogen-bond donors (Lipinski definition) is 1. The van der Waals surface area contributed by atoms with E-state index in [1.807, 2.05) is 13.8 Å². The molecule has 1 aliphatic heterocycles. The van der Waals surface area contributed by atoms with Gasteiger partial charge < -0.3 is 9.67 Å². The number of pyridine rings is 3. The van der Waals surface area contributed by atoms with Crippen molar-refractivity contribution in [3.8, 4) is 0 Å². The lowest BCUT2D eigenvalue weighted by Gasteiger charge is -2.34. The zero-order valence-corrected chi connectivity index (χ0v) is 18.8. The molecule has 0 amide bonds. The topological polar surface area (TPSA) is 71.2 Å². The number of aliphatic hydroxyl groups excluding tert-OH is 1. The minimum atomic E-state index is -0.450. The fourth-order valence-electron chi connectivity index (χ4n) is 3.67. The van der Waals surface area contributed by atoms with Crippen molar-refractivity contribution in [2.45, 2.75) is 46.3 Å². The highest BCUT2D eigenvalue weighted by atomic mass is 19.1. The van der Waals surface area contributed by atoms with E-state index in [1.54, 1.807) is 23.8 Å². The number of aliphatic hydroxyl groups is 1. The highest BCUT2D eigenvalue weighted by Crippen LogP contribution is 2.17. The van der Waals surface area contributed by atoms with Gasteiger partial charge in [0, 0.05) is 38.0 Å². The second kappa shape index (κ2) is 10.7. The molecule has 2 unspecified atom stereocenters. The fraction of sp³-hybridized carbons (Fsp3) is 0.458. The first-order valence-electron chi connectivity index (χ1n) is 10.9. The van der Waals surface area contributed by atoms with Crippen molar-refractivity contribution in [3.63, 3.8) is 0 Å². The normalized spacial score (nSPS) is 18.9. The molecule has 32 heavy (non-hydrogen) atoms. The zero-order valence-electron chi connectivity index (χ0n) is 18.8. The van der Waals surface area contributed by atoms with E-state index in [9.17, 15) is 18.7 Å².